The number of ether oxygens (including phenoxy) is 2. The van der Waals surface area contributed by atoms with Crippen LogP contribution in [0, 0.1) is 5.92 Å². The second-order valence-corrected chi connectivity index (χ2v) is 6.55. The normalized spacial score (nSPS) is 13.4. The van der Waals surface area contributed by atoms with Gasteiger partial charge < -0.3 is 25.4 Å². The van der Waals surface area contributed by atoms with Crippen molar-refractivity contribution >= 4 is 35.8 Å². The van der Waals surface area contributed by atoms with Gasteiger partial charge in [0.1, 0.15) is 5.75 Å². The highest BCUT2D eigenvalue weighted by Gasteiger charge is 2.20. The van der Waals surface area contributed by atoms with Gasteiger partial charge in [0, 0.05) is 45.0 Å². The molecule has 0 radical (unpaired) electrons. The first-order valence-corrected chi connectivity index (χ1v) is 9.75. The molecule has 28 heavy (non-hydrogen) atoms. The van der Waals surface area contributed by atoms with Crippen LogP contribution in [0.2, 0.25) is 0 Å². The van der Waals surface area contributed by atoms with Crippen molar-refractivity contribution in [3.05, 3.63) is 29.8 Å². The summed E-state index contributed by atoms with van der Waals surface area (Å²) in [5.41, 5.74) is 0.584. The SMILES string of the molecule is CCNC(=NCCCOCC1CC1)NCCNC(=O)c1cccc(OC)c1.I. The van der Waals surface area contributed by atoms with Crippen LogP contribution in [-0.2, 0) is 4.74 Å². The van der Waals surface area contributed by atoms with Crippen LogP contribution in [0.5, 0.6) is 5.75 Å². The van der Waals surface area contributed by atoms with Crippen LogP contribution in [0.1, 0.15) is 36.5 Å². The smallest absolute Gasteiger partial charge is 0.251 e. The highest BCUT2D eigenvalue weighted by atomic mass is 127. The summed E-state index contributed by atoms with van der Waals surface area (Å²) < 4.78 is 10.8. The number of hydrogen-bond donors (Lipinski definition) is 3. The van der Waals surface area contributed by atoms with Crippen molar-refractivity contribution in [3.63, 3.8) is 0 Å². The maximum atomic E-state index is 12.2. The Balaban J connectivity index is 0.00000392. The number of guanidine groups is 1. The maximum absolute atomic E-state index is 12.2. The largest absolute Gasteiger partial charge is 0.497 e. The van der Waals surface area contributed by atoms with Crippen LogP contribution in [0.25, 0.3) is 0 Å². The summed E-state index contributed by atoms with van der Waals surface area (Å²) in [5.74, 6) is 2.11. The predicted molar refractivity (Wildman–Crippen MR) is 123 cm³/mol. The topological polar surface area (TPSA) is 84.0 Å². The Labute approximate surface area is 185 Å². The van der Waals surface area contributed by atoms with E-state index in [1.54, 1.807) is 25.3 Å². The van der Waals surface area contributed by atoms with Gasteiger partial charge in [0.05, 0.1) is 7.11 Å². The van der Waals surface area contributed by atoms with E-state index in [1.165, 1.54) is 12.8 Å². The minimum atomic E-state index is -0.120. The zero-order chi connectivity index (χ0) is 19.3. The predicted octanol–water partition coefficient (Wildman–Crippen LogP) is 2.41. The summed E-state index contributed by atoms with van der Waals surface area (Å²) in [6, 6.07) is 7.10. The number of amides is 1. The number of benzene rings is 1. The second-order valence-electron chi connectivity index (χ2n) is 6.55. The molecule has 3 N–H and O–H groups in total. The second kappa shape index (κ2) is 14.4. The lowest BCUT2D eigenvalue weighted by molar-refractivity contribution is 0.0954. The Hall–Kier alpha value is -1.55. The third-order valence-corrected chi connectivity index (χ3v) is 4.15. The van der Waals surface area contributed by atoms with E-state index >= 15 is 0 Å². The van der Waals surface area contributed by atoms with Gasteiger partial charge in [-0.15, -0.1) is 24.0 Å². The molecule has 1 fully saturated rings. The summed E-state index contributed by atoms with van der Waals surface area (Å²) in [7, 11) is 1.59. The minimum Gasteiger partial charge on any atom is -0.497 e. The number of hydrogen-bond acceptors (Lipinski definition) is 4. The molecule has 158 valence electrons. The van der Waals surface area contributed by atoms with Gasteiger partial charge >= 0.3 is 0 Å². The maximum Gasteiger partial charge on any atom is 0.251 e. The lowest BCUT2D eigenvalue weighted by Gasteiger charge is -2.12. The average molecular weight is 504 g/mol. The van der Waals surface area contributed by atoms with Crippen molar-refractivity contribution in [2.45, 2.75) is 26.2 Å². The van der Waals surface area contributed by atoms with E-state index < -0.39 is 0 Å². The Morgan fingerprint density at radius 1 is 1.21 bits per heavy atom. The minimum absolute atomic E-state index is 0. The molecule has 7 nitrogen and oxygen atoms in total. The van der Waals surface area contributed by atoms with E-state index in [0.29, 0.717) is 24.4 Å². The Morgan fingerprint density at radius 2 is 2.00 bits per heavy atom. The number of halogens is 1. The zero-order valence-corrected chi connectivity index (χ0v) is 19.2. The first kappa shape index (κ1) is 24.5. The van der Waals surface area contributed by atoms with Crippen molar-refractivity contribution < 1.29 is 14.3 Å². The molecule has 0 saturated heterocycles. The number of carbonyl (C=O) groups excluding carboxylic acids is 1. The van der Waals surface area contributed by atoms with E-state index in [4.69, 9.17) is 9.47 Å². The molecule has 0 unspecified atom stereocenters. The zero-order valence-electron chi connectivity index (χ0n) is 16.8. The molecule has 0 spiro atoms. The van der Waals surface area contributed by atoms with Gasteiger partial charge in [-0.2, -0.15) is 0 Å². The summed E-state index contributed by atoms with van der Waals surface area (Å²) in [5, 5.41) is 9.32. The van der Waals surface area contributed by atoms with Gasteiger partial charge in [-0.25, -0.2) is 0 Å². The van der Waals surface area contributed by atoms with E-state index in [9.17, 15) is 4.79 Å². The fourth-order valence-corrected chi connectivity index (χ4v) is 2.46. The average Bonchev–Trinajstić information content (AvgIpc) is 3.52. The highest BCUT2D eigenvalue weighted by molar-refractivity contribution is 14.0. The Bertz CT molecular complexity index is 609. The molecule has 0 aromatic heterocycles. The van der Waals surface area contributed by atoms with Crippen molar-refractivity contribution in [3.8, 4) is 5.75 Å². The Kier molecular flexibility index (Phi) is 12.6. The van der Waals surface area contributed by atoms with E-state index in [0.717, 1.165) is 44.6 Å². The highest BCUT2D eigenvalue weighted by Crippen LogP contribution is 2.28. The molecule has 1 saturated carbocycles. The van der Waals surface area contributed by atoms with Gasteiger partial charge in [0.15, 0.2) is 5.96 Å². The summed E-state index contributed by atoms with van der Waals surface area (Å²) in [4.78, 5) is 16.7. The van der Waals surface area contributed by atoms with E-state index in [1.807, 2.05) is 13.0 Å². The number of aliphatic imine (C=N–C) groups is 1. The molecule has 8 heteroatoms. The van der Waals surface area contributed by atoms with E-state index in [2.05, 4.69) is 20.9 Å². The monoisotopic (exact) mass is 504 g/mol. The molecule has 1 aromatic carbocycles. The third kappa shape index (κ3) is 10.1. The number of nitrogens with one attached hydrogen (secondary N) is 3. The Morgan fingerprint density at radius 3 is 2.71 bits per heavy atom. The first-order valence-electron chi connectivity index (χ1n) is 9.75. The van der Waals surface area contributed by atoms with Crippen LogP contribution in [0.15, 0.2) is 29.3 Å². The summed E-state index contributed by atoms with van der Waals surface area (Å²) >= 11 is 0. The molecule has 0 heterocycles. The molecule has 1 amide bonds. The quantitative estimate of drug-likeness (QED) is 0.176. The molecule has 2 rings (SSSR count). The number of rotatable bonds is 12. The number of methoxy groups -OCH3 is 1. The fourth-order valence-electron chi connectivity index (χ4n) is 2.46. The summed E-state index contributed by atoms with van der Waals surface area (Å²) in [6.45, 7) is 6.30. The molecule has 1 aromatic rings. The van der Waals surface area contributed by atoms with Crippen molar-refractivity contribution in [2.24, 2.45) is 10.9 Å². The van der Waals surface area contributed by atoms with Crippen LogP contribution < -0.4 is 20.7 Å². The van der Waals surface area contributed by atoms with Gasteiger partial charge in [-0.05, 0) is 50.3 Å². The first-order chi connectivity index (χ1) is 13.2. The standard InChI is InChI=1S/C20H32N4O3.HI/c1-3-21-20(23-10-5-13-27-15-16-8-9-16)24-12-11-22-19(25)17-6-4-7-18(14-17)26-2;/h4,6-7,14,16H,3,5,8-13,15H2,1-2H3,(H,22,25)(H2,21,23,24);1H. The van der Waals surface area contributed by atoms with Crippen molar-refractivity contribution in [1.82, 2.24) is 16.0 Å². The molecular formula is C20H33IN4O3. The van der Waals surface area contributed by atoms with Crippen molar-refractivity contribution in [2.75, 3.05) is 46.5 Å². The van der Waals surface area contributed by atoms with E-state index in [-0.39, 0.29) is 29.9 Å². The van der Waals surface area contributed by atoms with Gasteiger partial charge in [0.25, 0.3) is 5.91 Å². The number of nitrogens with zero attached hydrogens (tertiary/aromatic N) is 1. The molecule has 0 atom stereocenters. The van der Waals surface area contributed by atoms with Gasteiger partial charge in [-0.1, -0.05) is 6.07 Å². The van der Waals surface area contributed by atoms with Crippen LogP contribution in [0.4, 0.5) is 0 Å². The van der Waals surface area contributed by atoms with Gasteiger partial charge in [0.2, 0.25) is 0 Å². The summed E-state index contributed by atoms with van der Waals surface area (Å²) in [6.07, 6.45) is 3.55. The van der Waals surface area contributed by atoms with Crippen LogP contribution >= 0.6 is 24.0 Å². The molecular weight excluding hydrogens is 471 g/mol. The van der Waals surface area contributed by atoms with Crippen LogP contribution in [-0.4, -0.2) is 58.4 Å². The lowest BCUT2D eigenvalue weighted by Crippen LogP contribution is -2.41. The molecule has 0 bridgehead atoms. The molecule has 1 aliphatic rings. The lowest BCUT2D eigenvalue weighted by atomic mass is 10.2. The fraction of sp³-hybridized carbons (Fsp3) is 0.600. The third-order valence-electron chi connectivity index (χ3n) is 4.15. The molecule has 1 aliphatic carbocycles. The van der Waals surface area contributed by atoms with Crippen molar-refractivity contribution in [1.29, 1.82) is 0 Å². The number of carbonyl (C=O) groups is 1. The van der Waals surface area contributed by atoms with Gasteiger partial charge in [-0.3, -0.25) is 9.79 Å². The molecule has 0 aliphatic heterocycles. The van der Waals surface area contributed by atoms with Crippen LogP contribution in [0.3, 0.4) is 0 Å².